The van der Waals surface area contributed by atoms with Gasteiger partial charge < -0.3 is 30.3 Å². The number of anilines is 4. The Morgan fingerprint density at radius 3 is 2.14 bits per heavy atom. The number of halogens is 1. The van der Waals surface area contributed by atoms with Crippen molar-refractivity contribution in [2.45, 2.75) is 70.0 Å². The number of carbonyl (C=O) groups excluding carboxylic acids is 5. The molecule has 376 valence electrons. The maximum atomic E-state index is 13.5. The minimum Gasteiger partial charge on any atom is -0.495 e. The lowest BCUT2D eigenvalue weighted by molar-refractivity contribution is -0.136. The van der Waals surface area contributed by atoms with E-state index in [1.165, 1.54) is 28.8 Å². The number of nitrogens with zero attached hydrogens (tertiary/aromatic N) is 6. The number of piperazine rings is 1. The van der Waals surface area contributed by atoms with Gasteiger partial charge in [0.05, 0.1) is 35.8 Å². The lowest BCUT2D eigenvalue weighted by atomic mass is 9.95. The van der Waals surface area contributed by atoms with E-state index in [0.29, 0.717) is 76.1 Å². The molecule has 0 spiro atoms. The predicted octanol–water partition coefficient (Wildman–Crippen LogP) is 6.14. The number of hydrogen-bond acceptors (Lipinski definition) is 13. The van der Waals surface area contributed by atoms with E-state index < -0.39 is 35.0 Å². The van der Waals surface area contributed by atoms with Crippen LogP contribution in [-0.2, 0) is 24.0 Å². The highest BCUT2D eigenvalue weighted by Gasteiger charge is 2.56. The summed E-state index contributed by atoms with van der Waals surface area (Å²) in [7, 11) is 1.67. The van der Waals surface area contributed by atoms with Crippen LogP contribution in [0, 0.1) is 24.1 Å². The van der Waals surface area contributed by atoms with Crippen molar-refractivity contribution in [3.8, 4) is 17.2 Å². The Morgan fingerprint density at radius 2 is 1.47 bits per heavy atom. The Morgan fingerprint density at radius 1 is 0.781 bits per heavy atom. The zero-order valence-electron chi connectivity index (χ0n) is 40.5. The highest BCUT2D eigenvalue weighted by Crippen LogP contribution is 2.48. The van der Waals surface area contributed by atoms with Crippen LogP contribution >= 0.6 is 0 Å². The quantitative estimate of drug-likeness (QED) is 0.0715. The van der Waals surface area contributed by atoms with Gasteiger partial charge in [0.25, 0.3) is 5.56 Å². The van der Waals surface area contributed by atoms with Crippen molar-refractivity contribution >= 4 is 74.1 Å². The number of aromatic nitrogens is 3. The molecule has 1 unspecified atom stereocenters. The highest BCUT2D eigenvalue weighted by atomic mass is 19.1. The number of nitrogens with one attached hydrogen (secondary N) is 4. The van der Waals surface area contributed by atoms with Crippen LogP contribution in [0.3, 0.4) is 0 Å². The van der Waals surface area contributed by atoms with Gasteiger partial charge in [0.1, 0.15) is 40.3 Å². The average molecular weight is 991 g/mol. The molecule has 2 bridgehead atoms. The van der Waals surface area contributed by atoms with Crippen LogP contribution in [0.2, 0.25) is 0 Å². The van der Waals surface area contributed by atoms with Crippen molar-refractivity contribution in [1.82, 2.24) is 29.7 Å². The summed E-state index contributed by atoms with van der Waals surface area (Å²) in [5.74, 6) is 0.539. The lowest BCUT2D eigenvalue weighted by Gasteiger charge is -2.39. The van der Waals surface area contributed by atoms with Gasteiger partial charge in [-0.3, -0.25) is 53.4 Å². The zero-order valence-corrected chi connectivity index (χ0v) is 40.5. The molecule has 5 aliphatic rings. The van der Waals surface area contributed by atoms with Crippen LogP contribution in [-0.4, -0.2) is 112 Å². The first-order chi connectivity index (χ1) is 35.3. The van der Waals surface area contributed by atoms with Gasteiger partial charge in [-0.1, -0.05) is 0 Å². The molecule has 4 aliphatic heterocycles. The molecule has 4 N–H and O–H groups in total. The number of fused-ring (bicyclic) bond motifs is 4. The van der Waals surface area contributed by atoms with E-state index in [-0.39, 0.29) is 36.8 Å². The number of likely N-dealkylation sites (tertiary alicyclic amines) is 2. The molecular formula is C54H55FN10O8. The second-order valence-corrected chi connectivity index (χ2v) is 19.9. The standard InChI is InChI=1S/C54H55FN10O8/c1-31-57-43-23-36(9-12-40(43)51(69)65(31)44-13-14-48(66)61-50(44)68)58-49(67)30-64-29-37-24-38(64)28-63(37)27-32-16-21-62(22-17-32)45-26-42-41(25-47(45)72-2)46(15-20-56-42)73-39-10-7-35(8-11-39)60-53(71)54(18-19-54)52(70)59-34-5-3-33(55)4-6-34/h3-12,15,20,23,25-26,32,37-38,44H,13-14,16-19,21-22,24,27-30H2,1-2H3,(H,58,67)(H,59,70)(H,60,71)(H,61,66,68)/t37-,38-,44?/m0/s1. The first-order valence-electron chi connectivity index (χ1n) is 24.8. The summed E-state index contributed by atoms with van der Waals surface area (Å²) in [5.41, 5.74) is 2.11. The summed E-state index contributed by atoms with van der Waals surface area (Å²) < 4.78 is 27.0. The van der Waals surface area contributed by atoms with Crippen molar-refractivity contribution < 1.29 is 37.8 Å². The van der Waals surface area contributed by atoms with E-state index in [0.717, 1.165) is 74.3 Å². The minimum atomic E-state index is -1.18. The highest BCUT2D eigenvalue weighted by molar-refractivity contribution is 6.17. The van der Waals surface area contributed by atoms with E-state index in [4.69, 9.17) is 14.5 Å². The predicted molar refractivity (Wildman–Crippen MR) is 271 cm³/mol. The first kappa shape index (κ1) is 47.5. The largest absolute Gasteiger partial charge is 0.495 e. The second-order valence-electron chi connectivity index (χ2n) is 19.9. The fraction of sp³-hybridized carbons (Fsp3) is 0.370. The van der Waals surface area contributed by atoms with E-state index in [1.54, 1.807) is 68.8 Å². The number of methoxy groups -OCH3 is 1. The summed E-state index contributed by atoms with van der Waals surface area (Å²) in [6.07, 6.45) is 6.03. The third kappa shape index (κ3) is 9.57. The number of imide groups is 1. The SMILES string of the molecule is COc1cc2c(Oc3ccc(NC(=O)C4(C(=O)Nc5ccc(F)cc5)CC4)cc3)ccnc2cc1N1CCC(CN2C[C@@H]3C[C@H]2CN3CC(=O)Nc2ccc3c(=O)n(C4CCC(=O)NC4=O)c(C)nc3c2)CC1. The molecule has 19 heteroatoms. The molecule has 6 heterocycles. The number of hydrogen-bond donors (Lipinski definition) is 4. The van der Waals surface area contributed by atoms with Crippen molar-refractivity contribution in [2.75, 3.05) is 67.2 Å². The Kier molecular flexibility index (Phi) is 12.6. The molecular weight excluding hydrogens is 936 g/mol. The molecule has 0 radical (unpaired) electrons. The molecule has 4 aromatic carbocycles. The Balaban J connectivity index is 0.655. The van der Waals surface area contributed by atoms with Crippen molar-refractivity contribution in [1.29, 1.82) is 0 Å². The smallest absolute Gasteiger partial charge is 0.262 e. The van der Waals surface area contributed by atoms with E-state index >= 15 is 0 Å². The van der Waals surface area contributed by atoms with E-state index in [2.05, 4.69) is 47.0 Å². The maximum absolute atomic E-state index is 13.5. The summed E-state index contributed by atoms with van der Waals surface area (Å²) in [4.78, 5) is 93.8. The number of ether oxygens (including phenoxy) is 2. The van der Waals surface area contributed by atoms with Crippen molar-refractivity contribution in [2.24, 2.45) is 11.3 Å². The van der Waals surface area contributed by atoms with Gasteiger partial charge in [0.2, 0.25) is 29.5 Å². The normalized spacial score (nSPS) is 20.8. The van der Waals surface area contributed by atoms with Crippen LogP contribution < -0.4 is 41.2 Å². The van der Waals surface area contributed by atoms with Crippen LogP contribution in [0.4, 0.5) is 27.1 Å². The maximum Gasteiger partial charge on any atom is 0.262 e. The van der Waals surface area contributed by atoms with Gasteiger partial charge in [0, 0.05) is 79.9 Å². The number of benzene rings is 4. The molecule has 6 aromatic rings. The van der Waals surface area contributed by atoms with Gasteiger partial charge in [-0.15, -0.1) is 0 Å². The van der Waals surface area contributed by atoms with Gasteiger partial charge in [-0.25, -0.2) is 9.37 Å². The minimum absolute atomic E-state index is 0.129. The van der Waals surface area contributed by atoms with E-state index in [9.17, 15) is 33.2 Å². The van der Waals surface area contributed by atoms with Crippen LogP contribution in [0.1, 0.15) is 56.8 Å². The zero-order chi connectivity index (χ0) is 50.5. The van der Waals surface area contributed by atoms with E-state index in [1.807, 2.05) is 6.07 Å². The third-order valence-electron chi connectivity index (χ3n) is 15.2. The average Bonchev–Trinajstić information content (AvgIpc) is 3.99. The summed E-state index contributed by atoms with van der Waals surface area (Å²) in [6, 6.07) is 23.1. The molecule has 4 saturated heterocycles. The van der Waals surface area contributed by atoms with Crippen LogP contribution in [0.15, 0.2) is 95.9 Å². The van der Waals surface area contributed by atoms with Crippen LogP contribution in [0.25, 0.3) is 21.8 Å². The Bertz CT molecular complexity index is 3250. The number of rotatable bonds is 14. The molecule has 11 rings (SSSR count). The Labute approximate surface area is 419 Å². The lowest BCUT2D eigenvalue weighted by Crippen LogP contribution is -2.50. The van der Waals surface area contributed by atoms with Crippen molar-refractivity contribution in [3.63, 3.8) is 0 Å². The fourth-order valence-electron chi connectivity index (χ4n) is 11.1. The number of piperidine rings is 2. The molecule has 1 saturated carbocycles. The molecule has 5 amide bonds. The number of aryl methyl sites for hydroxylation is 1. The molecule has 1 aliphatic carbocycles. The third-order valence-corrected chi connectivity index (χ3v) is 15.2. The number of carbonyl (C=O) groups is 5. The molecule has 2 aromatic heterocycles. The molecule has 73 heavy (non-hydrogen) atoms. The van der Waals surface area contributed by atoms with Crippen LogP contribution in [0.5, 0.6) is 17.2 Å². The molecule has 5 fully saturated rings. The Hall–Kier alpha value is -7.77. The van der Waals surface area contributed by atoms with Gasteiger partial charge in [-0.2, -0.15) is 0 Å². The summed E-state index contributed by atoms with van der Waals surface area (Å²) >= 11 is 0. The number of amides is 5. The van der Waals surface area contributed by atoms with Crippen molar-refractivity contribution in [3.05, 3.63) is 113 Å². The second kappa shape index (κ2) is 19.3. The first-order valence-corrected chi connectivity index (χ1v) is 24.8. The van der Waals surface area contributed by atoms with Gasteiger partial charge >= 0.3 is 0 Å². The summed E-state index contributed by atoms with van der Waals surface area (Å²) in [5, 5.41) is 12.0. The fourth-order valence-corrected chi connectivity index (χ4v) is 11.1. The monoisotopic (exact) mass is 990 g/mol. The molecule has 18 nitrogen and oxygen atoms in total. The van der Waals surface area contributed by atoms with Gasteiger partial charge in [0.15, 0.2) is 0 Å². The summed E-state index contributed by atoms with van der Waals surface area (Å²) in [6.45, 7) is 6.45. The topological polar surface area (TPSA) is 209 Å². The molecule has 3 atom stereocenters. The van der Waals surface area contributed by atoms with Gasteiger partial charge in [-0.05, 0) is 136 Å². The number of pyridine rings is 1.